The minimum atomic E-state index is -0.580. The first kappa shape index (κ1) is 11.7. The molecule has 0 amide bonds. The summed E-state index contributed by atoms with van der Waals surface area (Å²) in [5.74, 6) is 0. The Kier molecular flexibility index (Phi) is 2.83. The van der Waals surface area contributed by atoms with E-state index >= 15 is 0 Å². The number of aryl methyl sites for hydroxylation is 1. The van der Waals surface area contributed by atoms with Gasteiger partial charge in [0, 0.05) is 0 Å². The van der Waals surface area contributed by atoms with Gasteiger partial charge in [-0.2, -0.15) is 0 Å². The maximum Gasteiger partial charge on any atom is 0.0897 e. The van der Waals surface area contributed by atoms with Crippen molar-refractivity contribution >= 4 is 0 Å². The summed E-state index contributed by atoms with van der Waals surface area (Å²) >= 11 is 0. The molecular weight excluding hydrogens is 196 g/mol. The second-order valence-electron chi connectivity index (χ2n) is 6.06. The Morgan fingerprint density at radius 1 is 0.938 bits per heavy atom. The average Bonchev–Trinajstić information content (AvgIpc) is 2.24. The van der Waals surface area contributed by atoms with E-state index in [1.165, 1.54) is 5.56 Å². The van der Waals surface area contributed by atoms with E-state index in [9.17, 15) is 5.11 Å². The molecule has 2 rings (SSSR count). The summed E-state index contributed by atoms with van der Waals surface area (Å²) in [6.07, 6.45) is 4.00. The third-order valence-electron chi connectivity index (χ3n) is 4.02. The van der Waals surface area contributed by atoms with Crippen LogP contribution in [0.1, 0.15) is 50.7 Å². The molecule has 0 saturated heterocycles. The molecule has 0 heterocycles. The largest absolute Gasteiger partial charge is 0.385 e. The summed E-state index contributed by atoms with van der Waals surface area (Å²) in [7, 11) is 0. The molecule has 0 spiro atoms. The standard InChI is InChI=1S/C15H22O/c1-12-4-6-13(7-5-12)15(16)10-8-14(2,3)9-11-15/h4-7,16H,8-11H2,1-3H3. The number of hydrogen-bond acceptors (Lipinski definition) is 1. The number of hydrogen-bond donors (Lipinski definition) is 1. The minimum Gasteiger partial charge on any atom is -0.385 e. The lowest BCUT2D eigenvalue weighted by atomic mass is 9.69. The first-order valence-electron chi connectivity index (χ1n) is 6.21. The molecule has 1 nitrogen and oxygen atoms in total. The summed E-state index contributed by atoms with van der Waals surface area (Å²) in [4.78, 5) is 0. The molecule has 0 unspecified atom stereocenters. The topological polar surface area (TPSA) is 20.2 Å². The summed E-state index contributed by atoms with van der Waals surface area (Å²) in [5, 5.41) is 10.7. The summed E-state index contributed by atoms with van der Waals surface area (Å²) in [5.41, 5.74) is 2.16. The van der Waals surface area contributed by atoms with Gasteiger partial charge >= 0.3 is 0 Å². The van der Waals surface area contributed by atoms with Gasteiger partial charge in [-0.25, -0.2) is 0 Å². The van der Waals surface area contributed by atoms with E-state index in [-0.39, 0.29) is 0 Å². The van der Waals surface area contributed by atoms with Crippen molar-refractivity contribution in [3.05, 3.63) is 35.4 Å². The second kappa shape index (κ2) is 3.89. The van der Waals surface area contributed by atoms with Crippen LogP contribution in [0.4, 0.5) is 0 Å². The lowest BCUT2D eigenvalue weighted by Gasteiger charge is -2.40. The van der Waals surface area contributed by atoms with E-state index in [4.69, 9.17) is 0 Å². The molecule has 1 aromatic carbocycles. The first-order valence-corrected chi connectivity index (χ1v) is 6.21. The van der Waals surface area contributed by atoms with Crippen LogP contribution in [0.5, 0.6) is 0 Å². The van der Waals surface area contributed by atoms with E-state index in [1.807, 2.05) is 0 Å². The Morgan fingerprint density at radius 2 is 1.44 bits per heavy atom. The molecule has 16 heavy (non-hydrogen) atoms. The average molecular weight is 218 g/mol. The van der Waals surface area contributed by atoms with Gasteiger partial charge in [0.2, 0.25) is 0 Å². The molecule has 0 aromatic heterocycles. The molecule has 1 fully saturated rings. The monoisotopic (exact) mass is 218 g/mol. The highest BCUT2D eigenvalue weighted by atomic mass is 16.3. The summed E-state index contributed by atoms with van der Waals surface area (Å²) in [6, 6.07) is 8.33. The van der Waals surface area contributed by atoms with Crippen molar-refractivity contribution in [3.63, 3.8) is 0 Å². The van der Waals surface area contributed by atoms with E-state index in [1.54, 1.807) is 0 Å². The third-order valence-corrected chi connectivity index (χ3v) is 4.02. The molecule has 0 atom stereocenters. The number of rotatable bonds is 1. The van der Waals surface area contributed by atoms with Gasteiger partial charge in [0.25, 0.3) is 0 Å². The SMILES string of the molecule is Cc1ccc(C2(O)CCC(C)(C)CC2)cc1. The van der Waals surface area contributed by atoms with Gasteiger partial charge in [-0.05, 0) is 43.6 Å². The van der Waals surface area contributed by atoms with Gasteiger partial charge in [0.1, 0.15) is 0 Å². The molecule has 88 valence electrons. The maximum atomic E-state index is 10.7. The van der Waals surface area contributed by atoms with Crippen molar-refractivity contribution in [1.29, 1.82) is 0 Å². The Balaban J connectivity index is 2.18. The lowest BCUT2D eigenvalue weighted by molar-refractivity contribution is -0.0305. The van der Waals surface area contributed by atoms with E-state index in [2.05, 4.69) is 45.0 Å². The molecule has 1 aromatic rings. The molecule has 1 saturated carbocycles. The van der Waals surface area contributed by atoms with E-state index in [0.29, 0.717) is 5.41 Å². The van der Waals surface area contributed by atoms with Crippen molar-refractivity contribution in [2.75, 3.05) is 0 Å². The van der Waals surface area contributed by atoms with Crippen LogP contribution in [0.25, 0.3) is 0 Å². The fourth-order valence-corrected chi connectivity index (χ4v) is 2.49. The van der Waals surface area contributed by atoms with Crippen LogP contribution in [0.15, 0.2) is 24.3 Å². The van der Waals surface area contributed by atoms with E-state index < -0.39 is 5.60 Å². The normalized spacial score (nSPS) is 23.0. The Morgan fingerprint density at radius 3 is 1.94 bits per heavy atom. The van der Waals surface area contributed by atoms with Crippen LogP contribution in [0.2, 0.25) is 0 Å². The predicted molar refractivity (Wildman–Crippen MR) is 67.3 cm³/mol. The Labute approximate surface area is 98.5 Å². The van der Waals surface area contributed by atoms with Gasteiger partial charge in [0.05, 0.1) is 5.60 Å². The molecule has 0 bridgehead atoms. The highest BCUT2D eigenvalue weighted by Crippen LogP contribution is 2.44. The number of benzene rings is 1. The second-order valence-corrected chi connectivity index (χ2v) is 6.06. The van der Waals surface area contributed by atoms with Crippen LogP contribution in [-0.2, 0) is 5.60 Å². The third kappa shape index (κ3) is 2.30. The fraction of sp³-hybridized carbons (Fsp3) is 0.600. The molecule has 0 radical (unpaired) electrons. The van der Waals surface area contributed by atoms with Crippen molar-refractivity contribution in [2.45, 2.75) is 52.1 Å². The van der Waals surface area contributed by atoms with Crippen LogP contribution in [0.3, 0.4) is 0 Å². The molecular formula is C15H22O. The molecule has 1 aliphatic rings. The number of aliphatic hydroxyl groups is 1. The highest BCUT2D eigenvalue weighted by Gasteiger charge is 2.37. The minimum absolute atomic E-state index is 0.400. The zero-order chi connectivity index (χ0) is 11.8. The molecule has 1 aliphatic carbocycles. The van der Waals surface area contributed by atoms with Gasteiger partial charge in [-0.3, -0.25) is 0 Å². The highest BCUT2D eigenvalue weighted by molar-refractivity contribution is 5.27. The molecule has 0 aliphatic heterocycles. The van der Waals surface area contributed by atoms with Crippen molar-refractivity contribution < 1.29 is 5.11 Å². The van der Waals surface area contributed by atoms with Gasteiger partial charge in [-0.15, -0.1) is 0 Å². The summed E-state index contributed by atoms with van der Waals surface area (Å²) < 4.78 is 0. The van der Waals surface area contributed by atoms with Crippen molar-refractivity contribution in [3.8, 4) is 0 Å². The van der Waals surface area contributed by atoms with Crippen molar-refractivity contribution in [2.24, 2.45) is 5.41 Å². The molecule has 1 heteroatoms. The maximum absolute atomic E-state index is 10.7. The van der Waals surface area contributed by atoms with Gasteiger partial charge < -0.3 is 5.11 Å². The Bertz CT molecular complexity index is 352. The predicted octanol–water partition coefficient (Wildman–Crippen LogP) is 3.78. The van der Waals surface area contributed by atoms with E-state index in [0.717, 1.165) is 31.2 Å². The molecule has 1 N–H and O–H groups in total. The van der Waals surface area contributed by atoms with Crippen molar-refractivity contribution in [1.82, 2.24) is 0 Å². The zero-order valence-corrected chi connectivity index (χ0v) is 10.6. The van der Waals surface area contributed by atoms with Gasteiger partial charge in [-0.1, -0.05) is 43.7 Å². The smallest absolute Gasteiger partial charge is 0.0897 e. The summed E-state index contributed by atoms with van der Waals surface area (Å²) in [6.45, 7) is 6.67. The van der Waals surface area contributed by atoms with Crippen LogP contribution in [-0.4, -0.2) is 5.11 Å². The quantitative estimate of drug-likeness (QED) is 0.760. The Hall–Kier alpha value is -0.820. The lowest BCUT2D eigenvalue weighted by Crippen LogP contribution is -2.34. The first-order chi connectivity index (χ1) is 7.41. The van der Waals surface area contributed by atoms with Crippen LogP contribution >= 0.6 is 0 Å². The van der Waals surface area contributed by atoms with Gasteiger partial charge in [0.15, 0.2) is 0 Å². The van der Waals surface area contributed by atoms with Crippen LogP contribution in [0, 0.1) is 12.3 Å². The fourth-order valence-electron chi connectivity index (χ4n) is 2.49. The van der Waals surface area contributed by atoms with Crippen LogP contribution < -0.4 is 0 Å². The zero-order valence-electron chi connectivity index (χ0n) is 10.6.